The van der Waals surface area contributed by atoms with E-state index in [1.165, 1.54) is 36.0 Å². The van der Waals surface area contributed by atoms with E-state index in [1.54, 1.807) is 6.08 Å². The summed E-state index contributed by atoms with van der Waals surface area (Å²) >= 11 is 6.71. The number of rotatable bonds is 9. The van der Waals surface area contributed by atoms with Crippen LogP contribution in [-0.4, -0.2) is 34.4 Å². The van der Waals surface area contributed by atoms with Gasteiger partial charge in [0, 0.05) is 0 Å². The standard InChI is InChI=1S/C27H34N2O4S2/c1-3-5-8-33-21-7-6-17(12-22(21)32-4-2)13-23-24(30)29(26(34)35-23)28-25(31)27-14-18-9-19(15-27)11-20(10-18)16-27/h6-7,12-13,18-20H,3-5,8-11,14-16H2,1-2H3,(H,28,31)/b23-13-. The van der Waals surface area contributed by atoms with Gasteiger partial charge in [-0.3, -0.25) is 15.0 Å². The first-order valence-corrected chi connectivity index (χ1v) is 14.1. The van der Waals surface area contributed by atoms with Gasteiger partial charge in [0.15, 0.2) is 15.8 Å². The van der Waals surface area contributed by atoms with E-state index in [0.717, 1.165) is 37.7 Å². The van der Waals surface area contributed by atoms with Crippen molar-refractivity contribution < 1.29 is 19.1 Å². The van der Waals surface area contributed by atoms with E-state index in [9.17, 15) is 9.59 Å². The molecule has 0 aromatic heterocycles. The van der Waals surface area contributed by atoms with Gasteiger partial charge in [0.1, 0.15) is 0 Å². The lowest BCUT2D eigenvalue weighted by atomic mass is 9.49. The summed E-state index contributed by atoms with van der Waals surface area (Å²) in [6.07, 6.45) is 10.5. The smallest absolute Gasteiger partial charge is 0.285 e. The molecule has 0 unspecified atom stereocenters. The van der Waals surface area contributed by atoms with Crippen LogP contribution >= 0.6 is 24.0 Å². The Morgan fingerprint density at radius 3 is 2.46 bits per heavy atom. The SMILES string of the molecule is CCCCOc1ccc(/C=C2\SC(=S)N(NC(=O)C34CC5CC(CC(C5)C3)C4)C2=O)cc1OCC. The Bertz CT molecular complexity index is 1020. The minimum Gasteiger partial charge on any atom is -0.490 e. The molecule has 4 bridgehead atoms. The first-order chi connectivity index (χ1) is 16.9. The fourth-order valence-corrected chi connectivity index (χ4v) is 7.83. The first-order valence-electron chi connectivity index (χ1n) is 12.9. The van der Waals surface area contributed by atoms with Crippen molar-refractivity contribution in [2.45, 2.75) is 65.2 Å². The topological polar surface area (TPSA) is 67.9 Å². The lowest BCUT2D eigenvalue weighted by molar-refractivity contribution is -0.152. The number of carbonyl (C=O) groups excluding carboxylic acids is 2. The second kappa shape index (κ2) is 10.1. The second-order valence-electron chi connectivity index (χ2n) is 10.5. The van der Waals surface area contributed by atoms with Crippen LogP contribution in [0.5, 0.6) is 11.5 Å². The van der Waals surface area contributed by atoms with Crippen LogP contribution in [0.2, 0.25) is 0 Å². The largest absolute Gasteiger partial charge is 0.490 e. The summed E-state index contributed by atoms with van der Waals surface area (Å²) in [7, 11) is 0. The number of hydrogen-bond acceptors (Lipinski definition) is 6. The zero-order valence-corrected chi connectivity index (χ0v) is 22.1. The maximum Gasteiger partial charge on any atom is 0.285 e. The Morgan fingerprint density at radius 1 is 1.14 bits per heavy atom. The summed E-state index contributed by atoms with van der Waals surface area (Å²) in [5.41, 5.74) is 3.41. The van der Waals surface area contributed by atoms with E-state index < -0.39 is 0 Å². The van der Waals surface area contributed by atoms with Crippen LogP contribution in [0.15, 0.2) is 23.1 Å². The lowest BCUT2D eigenvalue weighted by Crippen LogP contribution is -2.57. The van der Waals surface area contributed by atoms with Crippen molar-refractivity contribution >= 4 is 46.2 Å². The predicted octanol–water partition coefficient (Wildman–Crippen LogP) is 5.71. The third-order valence-electron chi connectivity index (χ3n) is 7.85. The highest BCUT2D eigenvalue weighted by Crippen LogP contribution is 2.60. The van der Waals surface area contributed by atoms with E-state index in [4.69, 9.17) is 21.7 Å². The molecule has 4 aliphatic carbocycles. The predicted molar refractivity (Wildman–Crippen MR) is 142 cm³/mol. The summed E-state index contributed by atoms with van der Waals surface area (Å²) in [6.45, 7) is 5.21. The minimum atomic E-state index is -0.332. The van der Waals surface area contributed by atoms with E-state index in [0.29, 0.717) is 51.7 Å². The number of thioether (sulfide) groups is 1. The molecule has 1 aromatic carbocycles. The molecule has 6 rings (SSSR count). The van der Waals surface area contributed by atoms with Gasteiger partial charge in [-0.25, -0.2) is 0 Å². The van der Waals surface area contributed by atoms with Crippen molar-refractivity contribution in [3.8, 4) is 11.5 Å². The Hall–Kier alpha value is -2.06. The molecule has 188 valence electrons. The van der Waals surface area contributed by atoms with Crippen molar-refractivity contribution in [1.82, 2.24) is 10.4 Å². The molecule has 1 heterocycles. The van der Waals surface area contributed by atoms with Crippen LogP contribution in [0, 0.1) is 23.2 Å². The maximum absolute atomic E-state index is 13.4. The highest BCUT2D eigenvalue weighted by atomic mass is 32.2. The van der Waals surface area contributed by atoms with E-state index in [2.05, 4.69) is 12.3 Å². The normalized spacial score (nSPS) is 30.3. The van der Waals surface area contributed by atoms with Crippen LogP contribution in [0.1, 0.15) is 70.8 Å². The molecule has 5 aliphatic rings. The molecule has 1 N–H and O–H groups in total. The van der Waals surface area contributed by atoms with Crippen LogP contribution in [-0.2, 0) is 9.59 Å². The van der Waals surface area contributed by atoms with Gasteiger partial charge in [0.05, 0.1) is 23.5 Å². The Kier molecular flexibility index (Phi) is 7.13. The first kappa shape index (κ1) is 24.6. The molecule has 8 heteroatoms. The van der Waals surface area contributed by atoms with Gasteiger partial charge in [-0.05, 0) is 106 Å². The fourth-order valence-electron chi connectivity index (χ4n) is 6.65. The number of hydrogen-bond donors (Lipinski definition) is 1. The quantitative estimate of drug-likeness (QED) is 0.259. The summed E-state index contributed by atoms with van der Waals surface area (Å²) in [4.78, 5) is 27.1. The molecule has 4 saturated carbocycles. The number of nitrogens with zero attached hydrogens (tertiary/aromatic N) is 1. The molecule has 35 heavy (non-hydrogen) atoms. The average molecular weight is 515 g/mol. The number of unbranched alkanes of at least 4 members (excludes halogenated alkanes) is 1. The molecular weight excluding hydrogens is 480 g/mol. The summed E-state index contributed by atoms with van der Waals surface area (Å²) in [5.74, 6) is 3.03. The fraction of sp³-hybridized carbons (Fsp3) is 0.593. The monoisotopic (exact) mass is 514 g/mol. The third kappa shape index (κ3) is 4.96. The van der Waals surface area contributed by atoms with Crippen molar-refractivity contribution in [1.29, 1.82) is 0 Å². The number of ether oxygens (including phenoxy) is 2. The Morgan fingerprint density at radius 2 is 1.83 bits per heavy atom. The van der Waals surface area contributed by atoms with Crippen molar-refractivity contribution in [2.24, 2.45) is 23.2 Å². The zero-order chi connectivity index (χ0) is 24.6. The van der Waals surface area contributed by atoms with Gasteiger partial charge < -0.3 is 9.47 Å². The number of hydrazine groups is 1. The Labute approximate surface area is 217 Å². The molecule has 1 aliphatic heterocycles. The average Bonchev–Trinajstić information content (AvgIpc) is 3.07. The molecular formula is C27H34N2O4S2. The van der Waals surface area contributed by atoms with Crippen LogP contribution < -0.4 is 14.9 Å². The van der Waals surface area contributed by atoms with E-state index in [1.807, 2.05) is 25.1 Å². The molecule has 6 nitrogen and oxygen atoms in total. The van der Waals surface area contributed by atoms with Crippen molar-refractivity contribution in [2.75, 3.05) is 13.2 Å². The number of nitrogens with one attached hydrogen (secondary N) is 1. The van der Waals surface area contributed by atoms with Crippen molar-refractivity contribution in [3.05, 3.63) is 28.7 Å². The number of benzene rings is 1. The van der Waals surface area contributed by atoms with E-state index in [-0.39, 0.29) is 17.2 Å². The molecule has 2 amide bonds. The minimum absolute atomic E-state index is 0.0265. The third-order valence-corrected chi connectivity index (χ3v) is 9.15. The number of amides is 2. The van der Waals surface area contributed by atoms with Gasteiger partial charge >= 0.3 is 0 Å². The van der Waals surface area contributed by atoms with Gasteiger partial charge in [0.2, 0.25) is 5.91 Å². The van der Waals surface area contributed by atoms with Crippen LogP contribution in [0.25, 0.3) is 6.08 Å². The number of carbonyl (C=O) groups is 2. The van der Waals surface area contributed by atoms with Crippen molar-refractivity contribution in [3.63, 3.8) is 0 Å². The van der Waals surface area contributed by atoms with Crippen LogP contribution in [0.3, 0.4) is 0 Å². The molecule has 0 radical (unpaired) electrons. The van der Waals surface area contributed by atoms with Crippen LogP contribution in [0.4, 0.5) is 0 Å². The highest BCUT2D eigenvalue weighted by Gasteiger charge is 2.55. The molecule has 5 fully saturated rings. The lowest BCUT2D eigenvalue weighted by Gasteiger charge is -2.55. The molecule has 0 spiro atoms. The molecule has 1 aromatic rings. The summed E-state index contributed by atoms with van der Waals surface area (Å²) in [6, 6.07) is 5.66. The van der Waals surface area contributed by atoms with E-state index >= 15 is 0 Å². The maximum atomic E-state index is 13.4. The van der Waals surface area contributed by atoms with Gasteiger partial charge in [-0.1, -0.05) is 31.2 Å². The van der Waals surface area contributed by atoms with Gasteiger partial charge in [-0.2, -0.15) is 5.01 Å². The molecule has 0 atom stereocenters. The molecule has 1 saturated heterocycles. The second-order valence-corrected chi connectivity index (χ2v) is 12.2. The highest BCUT2D eigenvalue weighted by molar-refractivity contribution is 8.26. The van der Waals surface area contributed by atoms with Gasteiger partial charge in [0.25, 0.3) is 5.91 Å². The summed E-state index contributed by atoms with van der Waals surface area (Å²) in [5, 5.41) is 1.28. The number of thiocarbonyl (C=S) groups is 1. The summed E-state index contributed by atoms with van der Waals surface area (Å²) < 4.78 is 12.0. The van der Waals surface area contributed by atoms with Gasteiger partial charge in [-0.15, -0.1) is 0 Å². The Balaban J connectivity index is 1.29. The zero-order valence-electron chi connectivity index (χ0n) is 20.5.